The molecular weight excluding hydrogens is 241 g/mol. The van der Waals surface area contributed by atoms with Gasteiger partial charge in [-0.2, -0.15) is 0 Å². The third-order valence-electron chi connectivity index (χ3n) is 1.36. The van der Waals surface area contributed by atoms with Crippen molar-refractivity contribution in [3.8, 4) is 0 Å². The molecule has 0 saturated carbocycles. The number of hydrogen-bond donors (Lipinski definition) is 0. The van der Waals surface area contributed by atoms with E-state index in [2.05, 4.69) is 0 Å². The third-order valence-corrected chi connectivity index (χ3v) is 5.07. The molecular formula is C3HAsF6O. The third kappa shape index (κ3) is 0.699. The zero-order valence-electron chi connectivity index (χ0n) is 4.68. The average Bonchev–Trinajstić information content (AvgIpc) is 1.84. The van der Waals surface area contributed by atoms with Gasteiger partial charge in [0.25, 0.3) is 0 Å². The van der Waals surface area contributed by atoms with E-state index in [1.807, 2.05) is 0 Å². The summed E-state index contributed by atoms with van der Waals surface area (Å²) in [6.45, 7) is 0. The molecule has 0 aromatic rings. The van der Waals surface area contributed by atoms with Gasteiger partial charge in [-0.05, 0) is 0 Å². The van der Waals surface area contributed by atoms with Crippen LogP contribution in [0.5, 0.6) is 0 Å². The molecule has 1 aliphatic rings. The summed E-state index contributed by atoms with van der Waals surface area (Å²) >= 11 is -5.45. The maximum absolute atomic E-state index is 11.7. The van der Waals surface area contributed by atoms with Crippen LogP contribution >= 0.6 is 0 Å². The Bertz CT molecular complexity index is 202. The molecule has 1 heterocycles. The van der Waals surface area contributed by atoms with Gasteiger partial charge < -0.3 is 0 Å². The Labute approximate surface area is 60.8 Å². The number of hydrogen-bond acceptors (Lipinski definition) is 1. The van der Waals surface area contributed by atoms with E-state index in [-0.39, 0.29) is 0 Å². The summed E-state index contributed by atoms with van der Waals surface area (Å²) in [7, 11) is 0. The molecule has 0 unspecified atom stereocenters. The fourth-order valence-electron chi connectivity index (χ4n) is 0.617. The van der Waals surface area contributed by atoms with Gasteiger partial charge in [0.15, 0.2) is 0 Å². The molecule has 1 saturated heterocycles. The fourth-order valence-corrected chi connectivity index (χ4v) is 2.91. The van der Waals surface area contributed by atoms with Crippen molar-refractivity contribution in [2.75, 3.05) is 0 Å². The fraction of sp³-hybridized carbons (Fsp3) is 1.00. The molecule has 8 heteroatoms. The summed E-state index contributed by atoms with van der Waals surface area (Å²) < 4.78 is 70.3. The summed E-state index contributed by atoms with van der Waals surface area (Å²) in [6, 6.07) is 0. The van der Waals surface area contributed by atoms with Gasteiger partial charge in [0.1, 0.15) is 0 Å². The van der Waals surface area contributed by atoms with Gasteiger partial charge in [-0.15, -0.1) is 0 Å². The van der Waals surface area contributed by atoms with Crippen molar-refractivity contribution in [2.24, 2.45) is 0 Å². The molecule has 0 spiro atoms. The normalized spacial score (nSPS) is 32.9. The first-order valence-corrected chi connectivity index (χ1v) is 5.29. The van der Waals surface area contributed by atoms with Crippen LogP contribution in [0.1, 0.15) is 0 Å². The van der Waals surface area contributed by atoms with E-state index < -0.39 is 29.9 Å². The first-order valence-electron chi connectivity index (χ1n) is 2.34. The summed E-state index contributed by atoms with van der Waals surface area (Å²) in [5, 5.41) is 0. The zero-order chi connectivity index (χ0) is 9.08. The summed E-state index contributed by atoms with van der Waals surface area (Å²) in [6.07, 6.45) is 0. The molecule has 66 valence electrons. The van der Waals surface area contributed by atoms with Crippen LogP contribution in [0.3, 0.4) is 0 Å². The Hall–Kier alpha value is -0.0616. The molecule has 1 rings (SSSR count). The van der Waals surface area contributed by atoms with Crippen LogP contribution in [0.2, 0.25) is 0 Å². The van der Waals surface area contributed by atoms with Crippen molar-refractivity contribution < 1.29 is 30.1 Å². The monoisotopic (exact) mass is 242 g/mol. The van der Waals surface area contributed by atoms with Crippen LogP contribution in [0.15, 0.2) is 0 Å². The Morgan fingerprint density at radius 2 is 1.09 bits per heavy atom. The van der Waals surface area contributed by atoms with Gasteiger partial charge in [-0.1, -0.05) is 0 Å². The van der Waals surface area contributed by atoms with Crippen LogP contribution in [0, 0.1) is 0 Å². The van der Waals surface area contributed by atoms with E-state index in [0.29, 0.717) is 0 Å². The van der Waals surface area contributed by atoms with Gasteiger partial charge in [0.05, 0.1) is 0 Å². The first kappa shape index (κ1) is 9.03. The van der Waals surface area contributed by atoms with Crippen LogP contribution in [0.25, 0.3) is 0 Å². The van der Waals surface area contributed by atoms with Crippen molar-refractivity contribution >= 4 is 14.6 Å². The molecule has 0 amide bonds. The molecule has 0 aromatic carbocycles. The number of alkyl halides is 6. The standard InChI is InChI=1S/C3HAsF6O/c5-1(6)2(7,8)4(11)3(1,9)10/h4H. The quantitative estimate of drug-likeness (QED) is 0.459. The SMILES string of the molecule is O=[AsH]1C(F)(F)C(F)(F)C1(F)F. The van der Waals surface area contributed by atoms with Crippen molar-refractivity contribution in [3.05, 3.63) is 0 Å². The van der Waals surface area contributed by atoms with E-state index >= 15 is 0 Å². The Kier molecular flexibility index (Phi) is 1.49. The predicted octanol–water partition coefficient (Wildman–Crippen LogP) is 1.14. The van der Waals surface area contributed by atoms with Gasteiger partial charge in [0, 0.05) is 0 Å². The minimum absolute atomic E-state index is 4.96. The van der Waals surface area contributed by atoms with Gasteiger partial charge in [-0.25, -0.2) is 0 Å². The Morgan fingerprint density at radius 3 is 1.18 bits per heavy atom. The van der Waals surface area contributed by atoms with E-state index in [9.17, 15) is 30.1 Å². The molecule has 0 atom stereocenters. The molecule has 11 heavy (non-hydrogen) atoms. The van der Waals surface area contributed by atoms with E-state index in [1.165, 1.54) is 0 Å². The van der Waals surface area contributed by atoms with Crippen molar-refractivity contribution in [1.29, 1.82) is 0 Å². The van der Waals surface area contributed by atoms with Crippen molar-refractivity contribution in [3.63, 3.8) is 0 Å². The molecule has 0 aliphatic carbocycles. The second-order valence-electron chi connectivity index (χ2n) is 2.05. The Balaban J connectivity index is 3.08. The average molecular weight is 242 g/mol. The minimum atomic E-state index is -5.45. The van der Waals surface area contributed by atoms with Crippen LogP contribution < -0.4 is 0 Å². The first-order chi connectivity index (χ1) is 4.65. The molecule has 1 aliphatic heterocycles. The molecule has 0 N–H and O–H groups in total. The molecule has 1 fully saturated rings. The maximum atomic E-state index is 11.7. The summed E-state index contributed by atoms with van der Waals surface area (Å²) in [5.74, 6) is -5.42. The van der Waals surface area contributed by atoms with Gasteiger partial charge >= 0.3 is 60.0 Å². The number of halogens is 6. The van der Waals surface area contributed by atoms with E-state index in [1.54, 1.807) is 0 Å². The predicted molar refractivity (Wildman–Crippen MR) is 22.7 cm³/mol. The van der Waals surface area contributed by atoms with E-state index in [4.69, 9.17) is 0 Å². The molecule has 0 bridgehead atoms. The second kappa shape index (κ2) is 1.81. The summed E-state index contributed by atoms with van der Waals surface area (Å²) in [5.41, 5.74) is 0. The number of rotatable bonds is 0. The van der Waals surface area contributed by atoms with Crippen LogP contribution in [-0.2, 0) is 3.74 Å². The van der Waals surface area contributed by atoms with Gasteiger partial charge in [0.2, 0.25) is 0 Å². The molecule has 1 nitrogen and oxygen atoms in total. The van der Waals surface area contributed by atoms with Crippen molar-refractivity contribution in [2.45, 2.75) is 15.3 Å². The Morgan fingerprint density at radius 1 is 0.818 bits per heavy atom. The van der Waals surface area contributed by atoms with Crippen molar-refractivity contribution in [1.82, 2.24) is 0 Å². The van der Waals surface area contributed by atoms with Crippen LogP contribution in [-0.4, -0.2) is 29.9 Å². The van der Waals surface area contributed by atoms with Gasteiger partial charge in [-0.3, -0.25) is 0 Å². The molecule has 0 aromatic heterocycles. The molecule has 0 radical (unpaired) electrons. The topological polar surface area (TPSA) is 17.1 Å². The van der Waals surface area contributed by atoms with Crippen LogP contribution in [0.4, 0.5) is 26.3 Å². The second-order valence-corrected chi connectivity index (χ2v) is 6.07. The van der Waals surface area contributed by atoms with E-state index in [0.717, 1.165) is 0 Å². The summed E-state index contributed by atoms with van der Waals surface area (Å²) in [4.78, 5) is 0. The zero-order valence-corrected chi connectivity index (χ0v) is 6.77.